The fourth-order valence-corrected chi connectivity index (χ4v) is 3.16. The predicted octanol–water partition coefficient (Wildman–Crippen LogP) is 2.49. The first-order chi connectivity index (χ1) is 6.02. The lowest BCUT2D eigenvalue weighted by atomic mass is 9.67. The number of nitrogens with zero attached hydrogens (tertiary/aromatic N) is 1. The second kappa shape index (κ2) is 2.48. The molecule has 0 aromatic carbocycles. The molecule has 2 heteroatoms. The molecule has 0 spiro atoms. The normalized spacial score (nSPS) is 53.7. The van der Waals surface area contributed by atoms with Crippen LogP contribution in [0.25, 0.3) is 0 Å². The van der Waals surface area contributed by atoms with Crippen LogP contribution in [0.3, 0.4) is 0 Å². The number of nitriles is 1. The van der Waals surface area contributed by atoms with E-state index >= 15 is 0 Å². The third kappa shape index (κ3) is 1.03. The molecular weight excluding hydrogens is 162 g/mol. The Morgan fingerprint density at radius 3 is 2.46 bits per heavy atom. The van der Waals surface area contributed by atoms with Crippen LogP contribution in [0.4, 0.5) is 0 Å². The minimum absolute atomic E-state index is 0.0100. The standard InChI is InChI=1S/C11H17NO/c1-8-9(4-7-12)11(3)6-5-10(8,2)13-11/h8-9H,4-6H2,1-3H3/t8-,9-,10+,11-/m1/s1. The monoisotopic (exact) mass is 179 g/mol. The average molecular weight is 179 g/mol. The third-order valence-corrected chi connectivity index (χ3v) is 4.25. The molecule has 0 N–H and O–H groups in total. The number of hydrogen-bond donors (Lipinski definition) is 0. The van der Waals surface area contributed by atoms with Crippen molar-refractivity contribution in [3.63, 3.8) is 0 Å². The lowest BCUT2D eigenvalue weighted by Gasteiger charge is -2.32. The summed E-state index contributed by atoms with van der Waals surface area (Å²) in [6.07, 6.45) is 2.93. The maximum absolute atomic E-state index is 8.77. The van der Waals surface area contributed by atoms with Gasteiger partial charge in [0.15, 0.2) is 0 Å². The molecule has 2 heterocycles. The summed E-state index contributed by atoms with van der Waals surface area (Å²) in [6.45, 7) is 6.59. The van der Waals surface area contributed by atoms with E-state index in [1.807, 2.05) is 0 Å². The van der Waals surface area contributed by atoms with E-state index in [1.165, 1.54) is 0 Å². The van der Waals surface area contributed by atoms with Gasteiger partial charge < -0.3 is 4.74 Å². The first-order valence-electron chi connectivity index (χ1n) is 5.09. The molecular formula is C11H17NO. The molecule has 72 valence electrons. The van der Waals surface area contributed by atoms with Gasteiger partial charge in [-0.15, -0.1) is 0 Å². The summed E-state index contributed by atoms with van der Waals surface area (Å²) in [7, 11) is 0. The van der Waals surface area contributed by atoms with Crippen LogP contribution in [-0.4, -0.2) is 11.2 Å². The Morgan fingerprint density at radius 2 is 2.00 bits per heavy atom. The molecule has 2 aliphatic heterocycles. The molecule has 0 unspecified atom stereocenters. The molecule has 0 radical (unpaired) electrons. The Balaban J connectivity index is 2.27. The molecule has 0 aliphatic carbocycles. The van der Waals surface area contributed by atoms with Gasteiger partial charge in [-0.25, -0.2) is 0 Å². The molecule has 2 rings (SSSR count). The number of hydrogen-bond acceptors (Lipinski definition) is 2. The van der Waals surface area contributed by atoms with E-state index in [-0.39, 0.29) is 11.2 Å². The second-order valence-electron chi connectivity index (χ2n) is 4.98. The Kier molecular flexibility index (Phi) is 1.72. The Morgan fingerprint density at radius 1 is 1.38 bits per heavy atom. The molecule has 2 bridgehead atoms. The van der Waals surface area contributed by atoms with E-state index in [4.69, 9.17) is 10.00 Å². The molecule has 2 saturated heterocycles. The van der Waals surface area contributed by atoms with Crippen molar-refractivity contribution >= 4 is 0 Å². The predicted molar refractivity (Wildman–Crippen MR) is 50.0 cm³/mol. The van der Waals surface area contributed by atoms with Gasteiger partial charge >= 0.3 is 0 Å². The quantitative estimate of drug-likeness (QED) is 0.619. The summed E-state index contributed by atoms with van der Waals surface area (Å²) in [5, 5.41) is 8.77. The summed E-state index contributed by atoms with van der Waals surface area (Å²) >= 11 is 0. The molecule has 13 heavy (non-hydrogen) atoms. The zero-order valence-electron chi connectivity index (χ0n) is 8.63. The summed E-state index contributed by atoms with van der Waals surface area (Å²) in [6, 6.07) is 2.29. The average Bonchev–Trinajstić information content (AvgIpc) is 2.46. The maximum Gasteiger partial charge on any atom is 0.0704 e. The summed E-state index contributed by atoms with van der Waals surface area (Å²) < 4.78 is 6.07. The van der Waals surface area contributed by atoms with Crippen LogP contribution >= 0.6 is 0 Å². The zero-order chi connectivity index (χ0) is 9.69. The van der Waals surface area contributed by atoms with Gasteiger partial charge in [-0.2, -0.15) is 5.26 Å². The van der Waals surface area contributed by atoms with E-state index in [0.717, 1.165) is 12.8 Å². The highest BCUT2D eigenvalue weighted by Gasteiger charge is 2.60. The van der Waals surface area contributed by atoms with Crippen molar-refractivity contribution in [2.24, 2.45) is 11.8 Å². The van der Waals surface area contributed by atoms with Crippen molar-refractivity contribution in [3.05, 3.63) is 0 Å². The Bertz CT molecular complexity index is 270. The zero-order valence-corrected chi connectivity index (χ0v) is 8.63. The smallest absolute Gasteiger partial charge is 0.0704 e. The Hall–Kier alpha value is -0.550. The van der Waals surface area contributed by atoms with E-state index < -0.39 is 0 Å². The van der Waals surface area contributed by atoms with Gasteiger partial charge in [-0.1, -0.05) is 6.92 Å². The minimum atomic E-state index is -0.0100. The van der Waals surface area contributed by atoms with Crippen LogP contribution in [0, 0.1) is 23.2 Å². The fourth-order valence-electron chi connectivity index (χ4n) is 3.16. The first kappa shape index (κ1) is 9.02. The fraction of sp³-hybridized carbons (Fsp3) is 0.909. The third-order valence-electron chi connectivity index (χ3n) is 4.25. The van der Waals surface area contributed by atoms with E-state index in [2.05, 4.69) is 26.8 Å². The van der Waals surface area contributed by atoms with Gasteiger partial charge in [0, 0.05) is 12.3 Å². The summed E-state index contributed by atoms with van der Waals surface area (Å²) in [5.41, 5.74) is 0.0418. The summed E-state index contributed by atoms with van der Waals surface area (Å²) in [4.78, 5) is 0. The molecule has 2 nitrogen and oxygen atoms in total. The van der Waals surface area contributed by atoms with E-state index in [9.17, 15) is 0 Å². The highest BCUT2D eigenvalue weighted by atomic mass is 16.5. The molecule has 2 aliphatic rings. The van der Waals surface area contributed by atoms with Crippen molar-refractivity contribution in [1.82, 2.24) is 0 Å². The molecule has 4 atom stereocenters. The largest absolute Gasteiger partial charge is 0.368 e. The minimum Gasteiger partial charge on any atom is -0.368 e. The van der Waals surface area contributed by atoms with Crippen molar-refractivity contribution in [3.8, 4) is 6.07 Å². The van der Waals surface area contributed by atoms with Gasteiger partial charge in [0.05, 0.1) is 17.3 Å². The van der Waals surface area contributed by atoms with E-state index in [1.54, 1.807) is 0 Å². The van der Waals surface area contributed by atoms with Crippen LogP contribution in [0.2, 0.25) is 0 Å². The van der Waals surface area contributed by atoms with Crippen LogP contribution in [0.5, 0.6) is 0 Å². The Labute approximate surface area is 79.9 Å². The lowest BCUT2D eigenvalue weighted by molar-refractivity contribution is -0.0420. The van der Waals surface area contributed by atoms with Crippen LogP contribution in [-0.2, 0) is 4.74 Å². The van der Waals surface area contributed by atoms with Crippen molar-refractivity contribution in [2.75, 3.05) is 0 Å². The van der Waals surface area contributed by atoms with Crippen molar-refractivity contribution in [1.29, 1.82) is 5.26 Å². The first-order valence-corrected chi connectivity index (χ1v) is 5.09. The van der Waals surface area contributed by atoms with Gasteiger partial charge in [0.2, 0.25) is 0 Å². The van der Waals surface area contributed by atoms with Crippen molar-refractivity contribution in [2.45, 2.75) is 51.2 Å². The number of rotatable bonds is 1. The number of ether oxygens (including phenoxy) is 1. The van der Waals surface area contributed by atoms with Crippen molar-refractivity contribution < 1.29 is 4.74 Å². The van der Waals surface area contributed by atoms with Gasteiger partial charge in [-0.05, 0) is 32.6 Å². The van der Waals surface area contributed by atoms with Gasteiger partial charge in [0.25, 0.3) is 0 Å². The second-order valence-corrected chi connectivity index (χ2v) is 4.98. The highest BCUT2D eigenvalue weighted by molar-refractivity contribution is 5.10. The van der Waals surface area contributed by atoms with Crippen LogP contribution in [0.15, 0.2) is 0 Å². The lowest BCUT2D eigenvalue weighted by Crippen LogP contribution is -2.36. The molecule has 0 amide bonds. The van der Waals surface area contributed by atoms with Gasteiger partial charge in [0.1, 0.15) is 0 Å². The number of fused-ring (bicyclic) bond motifs is 2. The molecule has 0 aromatic rings. The van der Waals surface area contributed by atoms with Gasteiger partial charge in [-0.3, -0.25) is 0 Å². The molecule has 2 fully saturated rings. The van der Waals surface area contributed by atoms with Crippen LogP contribution < -0.4 is 0 Å². The maximum atomic E-state index is 8.77. The molecule has 0 aromatic heterocycles. The van der Waals surface area contributed by atoms with Crippen LogP contribution in [0.1, 0.15) is 40.0 Å². The molecule has 0 saturated carbocycles. The van der Waals surface area contributed by atoms with E-state index in [0.29, 0.717) is 18.3 Å². The topological polar surface area (TPSA) is 33.0 Å². The highest BCUT2D eigenvalue weighted by Crippen LogP contribution is 2.57. The SMILES string of the molecule is C[C@@H]1[C@@H](CC#N)[C@@]2(C)CC[C@]1(C)O2. The summed E-state index contributed by atoms with van der Waals surface area (Å²) in [5.74, 6) is 0.974.